The summed E-state index contributed by atoms with van der Waals surface area (Å²) in [5.74, 6) is -0.298. The van der Waals surface area contributed by atoms with Crippen LogP contribution in [0.5, 0.6) is 5.75 Å². The maximum atomic E-state index is 12.0. The number of benzene rings is 2. The molecule has 19 heavy (non-hydrogen) atoms. The van der Waals surface area contributed by atoms with E-state index in [0.717, 1.165) is 0 Å². The van der Waals surface area contributed by atoms with Crippen molar-refractivity contribution in [2.45, 2.75) is 0 Å². The molecule has 0 aromatic heterocycles. The van der Waals surface area contributed by atoms with Gasteiger partial charge in [-0.3, -0.25) is 4.79 Å². The van der Waals surface area contributed by atoms with E-state index in [9.17, 15) is 9.90 Å². The van der Waals surface area contributed by atoms with Crippen LogP contribution in [0.4, 0.5) is 11.4 Å². The van der Waals surface area contributed by atoms with Crippen LogP contribution in [-0.2, 0) is 0 Å². The summed E-state index contributed by atoms with van der Waals surface area (Å²) in [7, 11) is 0. The monoisotopic (exact) mass is 388 g/mol. The summed E-state index contributed by atoms with van der Waals surface area (Å²) in [5, 5.41) is 12.7. The largest absolute Gasteiger partial charge is 0.507 e. The zero-order valence-electron chi connectivity index (χ0n) is 9.65. The van der Waals surface area contributed by atoms with Crippen molar-refractivity contribution in [3.63, 3.8) is 0 Å². The fourth-order valence-corrected chi connectivity index (χ4v) is 1.99. The van der Waals surface area contributed by atoms with Crippen molar-refractivity contribution in [1.82, 2.24) is 0 Å². The molecule has 0 fully saturated rings. The van der Waals surface area contributed by atoms with Crippen molar-refractivity contribution in [2.24, 2.45) is 0 Å². The van der Waals surface area contributed by atoms with Crippen LogP contribution in [0, 0.1) is 3.57 Å². The number of carbonyl (C=O) groups excluding carboxylic acids is 1. The van der Waals surface area contributed by atoms with Gasteiger partial charge < -0.3 is 16.2 Å². The normalized spacial score (nSPS) is 10.2. The molecule has 6 heteroatoms. The molecule has 0 aliphatic rings. The molecule has 0 unspecified atom stereocenters. The number of phenols is 1. The summed E-state index contributed by atoms with van der Waals surface area (Å²) in [4.78, 5) is 12.0. The van der Waals surface area contributed by atoms with Crippen LogP contribution in [0.2, 0.25) is 5.02 Å². The Kier molecular flexibility index (Phi) is 4.16. The number of nitrogen functional groups attached to an aromatic ring is 1. The Bertz CT molecular complexity index is 647. The second-order valence-corrected chi connectivity index (χ2v) is 5.45. The number of halogens is 2. The molecule has 1 amide bonds. The van der Waals surface area contributed by atoms with Crippen LogP contribution >= 0.6 is 34.2 Å². The predicted molar refractivity (Wildman–Crippen MR) is 84.6 cm³/mol. The summed E-state index contributed by atoms with van der Waals surface area (Å²) in [6, 6.07) is 9.51. The van der Waals surface area contributed by atoms with E-state index in [1.54, 1.807) is 30.3 Å². The summed E-state index contributed by atoms with van der Waals surface area (Å²) >= 11 is 7.82. The molecule has 0 bridgehead atoms. The third kappa shape index (κ3) is 3.30. The third-order valence-electron chi connectivity index (χ3n) is 2.47. The van der Waals surface area contributed by atoms with E-state index >= 15 is 0 Å². The molecule has 0 saturated heterocycles. The second kappa shape index (κ2) is 5.66. The molecule has 2 aromatic rings. The van der Waals surface area contributed by atoms with Gasteiger partial charge in [0.15, 0.2) is 0 Å². The molecule has 98 valence electrons. The first kappa shape index (κ1) is 14.0. The van der Waals surface area contributed by atoms with Crippen molar-refractivity contribution in [3.05, 3.63) is 50.6 Å². The highest BCUT2D eigenvalue weighted by Crippen LogP contribution is 2.25. The van der Waals surface area contributed by atoms with Gasteiger partial charge in [-0.25, -0.2) is 0 Å². The molecule has 4 nitrogen and oxygen atoms in total. The van der Waals surface area contributed by atoms with E-state index in [2.05, 4.69) is 5.32 Å². The molecule has 0 saturated carbocycles. The van der Waals surface area contributed by atoms with E-state index in [0.29, 0.717) is 25.5 Å². The van der Waals surface area contributed by atoms with Gasteiger partial charge >= 0.3 is 0 Å². The Morgan fingerprint density at radius 1 is 1.26 bits per heavy atom. The lowest BCUT2D eigenvalue weighted by Crippen LogP contribution is -2.13. The SMILES string of the molecule is Nc1ccc(Cl)cc1NC(=O)c1ccc(I)c(O)c1. The molecule has 4 N–H and O–H groups in total. The number of hydrogen-bond donors (Lipinski definition) is 3. The van der Waals surface area contributed by atoms with Crippen LogP contribution in [0.3, 0.4) is 0 Å². The lowest BCUT2D eigenvalue weighted by atomic mass is 10.2. The lowest BCUT2D eigenvalue weighted by molar-refractivity contribution is 0.102. The third-order valence-corrected chi connectivity index (χ3v) is 3.62. The fourth-order valence-electron chi connectivity index (χ4n) is 1.49. The van der Waals surface area contributed by atoms with Crippen molar-refractivity contribution in [1.29, 1.82) is 0 Å². The molecular weight excluding hydrogens is 379 g/mol. The number of nitrogens with one attached hydrogen (secondary N) is 1. The van der Waals surface area contributed by atoms with Crippen LogP contribution in [0.25, 0.3) is 0 Å². The van der Waals surface area contributed by atoms with Crippen molar-refractivity contribution >= 4 is 51.5 Å². The van der Waals surface area contributed by atoms with Gasteiger partial charge in [0.05, 0.1) is 14.9 Å². The number of anilines is 2. The maximum Gasteiger partial charge on any atom is 0.255 e. The average Bonchev–Trinajstić information content (AvgIpc) is 2.37. The Morgan fingerprint density at radius 3 is 2.68 bits per heavy atom. The molecule has 2 rings (SSSR count). The van der Waals surface area contributed by atoms with Gasteiger partial charge in [0.25, 0.3) is 5.91 Å². The topological polar surface area (TPSA) is 75.3 Å². The van der Waals surface area contributed by atoms with Gasteiger partial charge in [-0.15, -0.1) is 0 Å². The Labute approximate surface area is 128 Å². The molecule has 0 heterocycles. The summed E-state index contributed by atoms with van der Waals surface area (Å²) in [6.07, 6.45) is 0. The molecule has 0 aliphatic heterocycles. The fraction of sp³-hybridized carbons (Fsp3) is 0. The molecule has 2 aromatic carbocycles. The summed E-state index contributed by atoms with van der Waals surface area (Å²) in [6.45, 7) is 0. The van der Waals surface area contributed by atoms with Gasteiger partial charge in [0, 0.05) is 10.6 Å². The summed E-state index contributed by atoms with van der Waals surface area (Å²) < 4.78 is 0.677. The minimum absolute atomic E-state index is 0.0623. The first-order chi connectivity index (χ1) is 8.97. The zero-order chi connectivity index (χ0) is 14.0. The second-order valence-electron chi connectivity index (χ2n) is 3.85. The first-order valence-electron chi connectivity index (χ1n) is 5.32. The van der Waals surface area contributed by atoms with Crippen LogP contribution in [0.1, 0.15) is 10.4 Å². The van der Waals surface area contributed by atoms with Gasteiger partial charge in [-0.05, 0) is 59.0 Å². The molecule has 0 atom stereocenters. The predicted octanol–water partition coefficient (Wildman–Crippen LogP) is 3.48. The van der Waals surface area contributed by atoms with Crippen molar-refractivity contribution < 1.29 is 9.90 Å². The van der Waals surface area contributed by atoms with E-state index in [1.165, 1.54) is 6.07 Å². The van der Waals surface area contributed by atoms with E-state index in [1.807, 2.05) is 22.6 Å². The Hall–Kier alpha value is -1.47. The molecule has 0 aliphatic carbocycles. The first-order valence-corrected chi connectivity index (χ1v) is 6.78. The van der Waals surface area contributed by atoms with Crippen molar-refractivity contribution in [3.8, 4) is 5.75 Å². The van der Waals surface area contributed by atoms with Crippen molar-refractivity contribution in [2.75, 3.05) is 11.1 Å². The minimum atomic E-state index is -0.360. The Balaban J connectivity index is 2.25. The molecular formula is C13H10ClIN2O2. The highest BCUT2D eigenvalue weighted by molar-refractivity contribution is 14.1. The number of rotatable bonds is 2. The number of aromatic hydroxyl groups is 1. The highest BCUT2D eigenvalue weighted by Gasteiger charge is 2.10. The molecule has 0 radical (unpaired) electrons. The standard InChI is InChI=1S/C13H10ClIN2O2/c14-8-2-4-10(16)11(6-8)17-13(19)7-1-3-9(15)12(18)5-7/h1-6,18H,16H2,(H,17,19). The van der Waals surface area contributed by atoms with E-state index < -0.39 is 0 Å². The van der Waals surface area contributed by atoms with Crippen LogP contribution in [-0.4, -0.2) is 11.0 Å². The quantitative estimate of drug-likeness (QED) is 0.544. The van der Waals surface area contributed by atoms with Gasteiger partial charge in [-0.1, -0.05) is 11.6 Å². The van der Waals surface area contributed by atoms with Crippen LogP contribution < -0.4 is 11.1 Å². The Morgan fingerprint density at radius 2 is 2.00 bits per heavy atom. The van der Waals surface area contributed by atoms with E-state index in [4.69, 9.17) is 17.3 Å². The maximum absolute atomic E-state index is 12.0. The number of amides is 1. The minimum Gasteiger partial charge on any atom is -0.507 e. The highest BCUT2D eigenvalue weighted by atomic mass is 127. The van der Waals surface area contributed by atoms with E-state index in [-0.39, 0.29) is 11.7 Å². The number of phenolic OH excluding ortho intramolecular Hbond substituents is 1. The number of carbonyl (C=O) groups is 1. The smallest absolute Gasteiger partial charge is 0.255 e. The number of hydrogen-bond acceptors (Lipinski definition) is 3. The van der Waals surface area contributed by atoms with Gasteiger partial charge in [0.2, 0.25) is 0 Å². The lowest BCUT2D eigenvalue weighted by Gasteiger charge is -2.09. The zero-order valence-corrected chi connectivity index (χ0v) is 12.6. The number of nitrogens with two attached hydrogens (primary N) is 1. The molecule has 0 spiro atoms. The van der Waals surface area contributed by atoms with Gasteiger partial charge in [-0.2, -0.15) is 0 Å². The summed E-state index contributed by atoms with van der Waals surface area (Å²) in [5.41, 5.74) is 6.95. The average molecular weight is 389 g/mol. The van der Waals surface area contributed by atoms with Gasteiger partial charge in [0.1, 0.15) is 5.75 Å². The van der Waals surface area contributed by atoms with Crippen LogP contribution in [0.15, 0.2) is 36.4 Å².